The Morgan fingerprint density at radius 2 is 1.28 bits per heavy atom. The van der Waals surface area contributed by atoms with Gasteiger partial charge in [0, 0.05) is 6.42 Å². The minimum atomic E-state index is -4.67. The normalized spacial score (nSPS) is 11.5. The third-order valence-corrected chi connectivity index (χ3v) is 4.30. The summed E-state index contributed by atoms with van der Waals surface area (Å²) < 4.78 is 14.4. The maximum absolute atomic E-state index is 11.1. The molecule has 0 aliphatic rings. The van der Waals surface area contributed by atoms with Gasteiger partial charge < -0.3 is 4.52 Å². The van der Waals surface area contributed by atoms with Gasteiger partial charge in [-0.1, -0.05) is 70.4 Å². The van der Waals surface area contributed by atoms with E-state index in [1.165, 1.54) is 44.9 Å². The quantitative estimate of drug-likeness (QED) is 0.169. The number of rotatable bonds is 16. The molecular weight excluding hydrogens is 350 g/mol. The van der Waals surface area contributed by atoms with Crippen molar-refractivity contribution < 1.29 is 23.7 Å². The van der Waals surface area contributed by atoms with Gasteiger partial charge in [0.2, 0.25) is 0 Å². The Hall–Kier alpha value is 0.360. The molecule has 0 aromatic heterocycles. The van der Waals surface area contributed by atoms with Gasteiger partial charge >= 0.3 is 43.3 Å². The van der Waals surface area contributed by atoms with Gasteiger partial charge in [-0.05, 0) is 32.1 Å². The van der Waals surface area contributed by atoms with E-state index in [9.17, 15) is 9.36 Å². The Morgan fingerprint density at radius 1 is 0.840 bits per heavy atom. The van der Waals surface area contributed by atoms with Crippen LogP contribution in [0.15, 0.2) is 12.2 Å². The molecule has 0 aliphatic carbocycles. The summed E-state index contributed by atoms with van der Waals surface area (Å²) in [7, 11) is -4.67. The Balaban J connectivity index is 0. The van der Waals surface area contributed by atoms with E-state index in [2.05, 4.69) is 23.6 Å². The van der Waals surface area contributed by atoms with Crippen LogP contribution in [0.1, 0.15) is 96.8 Å². The number of hydrogen-bond acceptors (Lipinski definition) is 3. The fourth-order valence-electron chi connectivity index (χ4n) is 2.52. The summed E-state index contributed by atoms with van der Waals surface area (Å²) in [6, 6.07) is 0. The molecule has 5 nitrogen and oxygen atoms in total. The standard InChI is InChI=1S/C18H35O5P.Na.H/c1-2-3-4-5-6-7-8-9-10-11-12-13-14-15-16-17-18(19)23-24(20,21)22;;/h9-10H,2-8,11-17H2,1H3,(H2,20,21,22);;. The van der Waals surface area contributed by atoms with Crippen LogP contribution >= 0.6 is 7.82 Å². The predicted octanol–water partition coefficient (Wildman–Crippen LogP) is 5.01. The summed E-state index contributed by atoms with van der Waals surface area (Å²) in [4.78, 5) is 28.0. The zero-order chi connectivity index (χ0) is 18.1. The molecule has 0 atom stereocenters. The first-order chi connectivity index (χ1) is 11.5. The summed E-state index contributed by atoms with van der Waals surface area (Å²) in [6.07, 6.45) is 19.8. The van der Waals surface area contributed by atoms with Crippen molar-refractivity contribution in [3.05, 3.63) is 12.2 Å². The minimum absolute atomic E-state index is 0. The number of carbonyl (C=O) groups is 1. The van der Waals surface area contributed by atoms with Crippen molar-refractivity contribution in [2.75, 3.05) is 0 Å². The molecule has 0 heterocycles. The van der Waals surface area contributed by atoms with Crippen LogP contribution in [0.3, 0.4) is 0 Å². The van der Waals surface area contributed by atoms with Crippen LogP contribution in [0.25, 0.3) is 0 Å². The molecule has 0 unspecified atom stereocenters. The Morgan fingerprint density at radius 3 is 1.76 bits per heavy atom. The molecule has 7 heteroatoms. The molecule has 0 aliphatic heterocycles. The number of hydrogen-bond donors (Lipinski definition) is 2. The van der Waals surface area contributed by atoms with E-state index in [4.69, 9.17) is 9.79 Å². The summed E-state index contributed by atoms with van der Waals surface area (Å²) >= 11 is 0. The van der Waals surface area contributed by atoms with E-state index >= 15 is 0 Å². The number of phosphoric ester groups is 1. The molecule has 0 bridgehead atoms. The van der Waals surface area contributed by atoms with Gasteiger partial charge in [0.25, 0.3) is 0 Å². The molecule has 2 N–H and O–H groups in total. The first-order valence-corrected chi connectivity index (χ1v) is 10.9. The second-order valence-electron chi connectivity index (χ2n) is 6.29. The topological polar surface area (TPSA) is 83.8 Å². The first kappa shape index (κ1) is 27.6. The zero-order valence-electron chi connectivity index (χ0n) is 15.1. The van der Waals surface area contributed by atoms with Crippen molar-refractivity contribution >= 4 is 43.3 Å². The fraction of sp³-hybridized carbons (Fsp3) is 0.833. The third kappa shape index (κ3) is 24.4. The van der Waals surface area contributed by atoms with E-state index < -0.39 is 13.8 Å². The average molecular weight is 386 g/mol. The van der Waals surface area contributed by atoms with Crippen molar-refractivity contribution in [1.29, 1.82) is 0 Å². The monoisotopic (exact) mass is 386 g/mol. The Kier molecular flexibility index (Phi) is 21.1. The average Bonchev–Trinajstić information content (AvgIpc) is 2.49. The Labute approximate surface area is 175 Å². The molecule has 25 heavy (non-hydrogen) atoms. The third-order valence-electron chi connectivity index (χ3n) is 3.86. The van der Waals surface area contributed by atoms with Gasteiger partial charge in [-0.2, -0.15) is 0 Å². The van der Waals surface area contributed by atoms with E-state index in [1.807, 2.05) is 0 Å². The number of unbranched alkanes of at least 4 members (excludes halogenated alkanes) is 11. The summed E-state index contributed by atoms with van der Waals surface area (Å²) in [5.74, 6) is -0.819. The second kappa shape index (κ2) is 19.1. The molecule has 144 valence electrons. The van der Waals surface area contributed by atoms with Gasteiger partial charge in [-0.3, -0.25) is 14.6 Å². The van der Waals surface area contributed by atoms with Crippen molar-refractivity contribution in [2.24, 2.45) is 0 Å². The predicted molar refractivity (Wildman–Crippen MR) is 105 cm³/mol. The molecule has 0 rings (SSSR count). The summed E-state index contributed by atoms with van der Waals surface area (Å²) in [5, 5.41) is 0. The molecule has 0 spiro atoms. The number of carbonyl (C=O) groups excluding carboxylic acids is 1. The van der Waals surface area contributed by atoms with Crippen LogP contribution in [0.4, 0.5) is 0 Å². The molecule has 0 aromatic rings. The van der Waals surface area contributed by atoms with Crippen LogP contribution in [0.5, 0.6) is 0 Å². The fourth-order valence-corrected chi connectivity index (χ4v) is 2.87. The second-order valence-corrected chi connectivity index (χ2v) is 7.45. The molecule has 0 amide bonds. The van der Waals surface area contributed by atoms with Crippen molar-refractivity contribution in [3.8, 4) is 0 Å². The SMILES string of the molecule is CCCCCCCCC=CCCCCCCCC(=O)OP(=O)(O)O.[NaH]. The van der Waals surface area contributed by atoms with Crippen LogP contribution in [0.2, 0.25) is 0 Å². The zero-order valence-corrected chi connectivity index (χ0v) is 16.0. The van der Waals surface area contributed by atoms with Gasteiger partial charge in [0.05, 0.1) is 0 Å². The Bertz CT molecular complexity index is 382. The number of allylic oxidation sites excluding steroid dienone is 2. The molecule has 0 aromatic carbocycles. The van der Waals surface area contributed by atoms with Gasteiger partial charge in [-0.15, -0.1) is 0 Å². The van der Waals surface area contributed by atoms with E-state index in [-0.39, 0.29) is 36.0 Å². The molecule has 0 saturated heterocycles. The van der Waals surface area contributed by atoms with E-state index in [1.54, 1.807) is 0 Å². The van der Waals surface area contributed by atoms with E-state index in [0.29, 0.717) is 6.42 Å². The van der Waals surface area contributed by atoms with Crippen molar-refractivity contribution in [1.82, 2.24) is 0 Å². The molecular formula is C18H36NaO5P. The van der Waals surface area contributed by atoms with Crippen molar-refractivity contribution in [2.45, 2.75) is 96.8 Å². The molecule has 0 saturated carbocycles. The van der Waals surface area contributed by atoms with Crippen LogP contribution in [-0.2, 0) is 13.9 Å². The van der Waals surface area contributed by atoms with Crippen LogP contribution < -0.4 is 0 Å². The van der Waals surface area contributed by atoms with Gasteiger partial charge in [0.15, 0.2) is 0 Å². The summed E-state index contributed by atoms with van der Waals surface area (Å²) in [5.41, 5.74) is 0. The summed E-state index contributed by atoms with van der Waals surface area (Å²) in [6.45, 7) is 2.24. The van der Waals surface area contributed by atoms with Gasteiger partial charge in [-0.25, -0.2) is 4.57 Å². The number of phosphoric acid groups is 1. The van der Waals surface area contributed by atoms with Crippen molar-refractivity contribution in [3.63, 3.8) is 0 Å². The van der Waals surface area contributed by atoms with Crippen LogP contribution in [-0.4, -0.2) is 45.3 Å². The molecule has 0 radical (unpaired) electrons. The molecule has 0 fully saturated rings. The first-order valence-electron chi connectivity index (χ1n) is 9.38. The van der Waals surface area contributed by atoms with E-state index in [0.717, 1.165) is 32.1 Å². The maximum atomic E-state index is 11.1. The van der Waals surface area contributed by atoms with Gasteiger partial charge in [0.1, 0.15) is 0 Å². The van der Waals surface area contributed by atoms with Crippen LogP contribution in [0, 0.1) is 0 Å².